The Balaban J connectivity index is 1.52. The van der Waals surface area contributed by atoms with E-state index >= 15 is 0 Å². The Labute approximate surface area is 180 Å². The number of ketones is 1. The molecule has 4 nitrogen and oxygen atoms in total. The highest BCUT2D eigenvalue weighted by Gasteiger charge is 2.13. The van der Waals surface area contributed by atoms with E-state index in [2.05, 4.69) is 19.1 Å². The first kappa shape index (κ1) is 18.8. The molecule has 0 amide bonds. The monoisotopic (exact) mass is 404 g/mol. The van der Waals surface area contributed by atoms with Gasteiger partial charge < -0.3 is 4.42 Å². The van der Waals surface area contributed by atoms with Gasteiger partial charge in [0, 0.05) is 22.7 Å². The molecule has 3 aromatic carbocycles. The molecule has 0 fully saturated rings. The van der Waals surface area contributed by atoms with Crippen molar-refractivity contribution in [3.8, 4) is 16.9 Å². The number of benzene rings is 3. The molecule has 0 aliphatic heterocycles. The van der Waals surface area contributed by atoms with Gasteiger partial charge in [0.05, 0.1) is 11.4 Å². The number of fused-ring (bicyclic) bond motifs is 1. The highest BCUT2D eigenvalue weighted by Crippen LogP contribution is 2.26. The summed E-state index contributed by atoms with van der Waals surface area (Å²) in [7, 11) is 0. The lowest BCUT2D eigenvalue weighted by atomic mass is 10.1. The number of aryl methyl sites for hydroxylation is 1. The van der Waals surface area contributed by atoms with Gasteiger partial charge in [-0.1, -0.05) is 66.2 Å². The third-order valence-corrected chi connectivity index (χ3v) is 5.17. The van der Waals surface area contributed by atoms with Gasteiger partial charge in [-0.25, -0.2) is 4.68 Å². The summed E-state index contributed by atoms with van der Waals surface area (Å²) in [6.07, 6.45) is 5.28. The minimum atomic E-state index is -0.182. The van der Waals surface area contributed by atoms with Crippen molar-refractivity contribution in [2.45, 2.75) is 6.92 Å². The van der Waals surface area contributed by atoms with Crippen molar-refractivity contribution in [1.29, 1.82) is 0 Å². The van der Waals surface area contributed by atoms with Crippen molar-refractivity contribution in [2.24, 2.45) is 0 Å². The van der Waals surface area contributed by atoms with Gasteiger partial charge in [-0.3, -0.25) is 4.79 Å². The normalized spacial score (nSPS) is 11.4. The summed E-state index contributed by atoms with van der Waals surface area (Å²) >= 11 is 0. The number of rotatable bonds is 5. The number of para-hydroxylation sites is 2. The summed E-state index contributed by atoms with van der Waals surface area (Å²) in [6, 6.07) is 27.5. The highest BCUT2D eigenvalue weighted by molar-refractivity contribution is 6.07. The van der Waals surface area contributed by atoms with Gasteiger partial charge in [0.15, 0.2) is 5.76 Å². The third kappa shape index (κ3) is 3.83. The molecule has 2 heterocycles. The summed E-state index contributed by atoms with van der Waals surface area (Å²) in [4.78, 5) is 12.7. The van der Waals surface area contributed by atoms with Gasteiger partial charge >= 0.3 is 0 Å². The molecule has 0 saturated carbocycles. The number of nitrogens with zero attached hydrogens (tertiary/aromatic N) is 2. The lowest BCUT2D eigenvalue weighted by Crippen LogP contribution is -1.93. The molecule has 0 saturated heterocycles. The van der Waals surface area contributed by atoms with Crippen LogP contribution in [0.25, 0.3) is 34.0 Å². The quantitative estimate of drug-likeness (QED) is 0.248. The van der Waals surface area contributed by atoms with E-state index in [-0.39, 0.29) is 5.78 Å². The Morgan fingerprint density at radius 3 is 2.45 bits per heavy atom. The molecule has 0 radical (unpaired) electrons. The first-order valence-electron chi connectivity index (χ1n) is 10.1. The zero-order valence-electron chi connectivity index (χ0n) is 17.0. The van der Waals surface area contributed by atoms with Crippen LogP contribution in [-0.2, 0) is 0 Å². The van der Waals surface area contributed by atoms with Crippen LogP contribution < -0.4 is 0 Å². The molecule has 4 heteroatoms. The molecular formula is C27H20N2O2. The van der Waals surface area contributed by atoms with Crippen LogP contribution in [0.15, 0.2) is 102 Å². The second-order valence-corrected chi connectivity index (χ2v) is 7.43. The van der Waals surface area contributed by atoms with Crippen LogP contribution in [0.1, 0.15) is 21.7 Å². The number of hydrogen-bond acceptors (Lipinski definition) is 3. The Kier molecular flexibility index (Phi) is 4.81. The Bertz CT molecular complexity index is 1360. The standard InChI is InChI=1S/C27H20N2O2/c1-19-11-13-20(14-12-19)27-22(18-29(28-27)23-8-3-2-4-9-23)15-16-24(30)26-17-21-7-5-6-10-25(21)31-26/h2-18H,1H3/b16-15+. The van der Waals surface area contributed by atoms with Gasteiger partial charge in [0.25, 0.3) is 0 Å². The van der Waals surface area contributed by atoms with Crippen LogP contribution in [0.4, 0.5) is 0 Å². The summed E-state index contributed by atoms with van der Waals surface area (Å²) in [5.74, 6) is 0.142. The van der Waals surface area contributed by atoms with Crippen LogP contribution in [0.3, 0.4) is 0 Å². The van der Waals surface area contributed by atoms with Crippen molar-refractivity contribution >= 4 is 22.8 Å². The molecule has 0 N–H and O–H groups in total. The molecule has 0 aliphatic carbocycles. The molecule has 150 valence electrons. The highest BCUT2D eigenvalue weighted by atomic mass is 16.3. The summed E-state index contributed by atoms with van der Waals surface area (Å²) in [5, 5.41) is 5.71. The largest absolute Gasteiger partial charge is 0.453 e. The Hall–Kier alpha value is -4.18. The van der Waals surface area contributed by atoms with Crippen LogP contribution in [0.5, 0.6) is 0 Å². The number of carbonyl (C=O) groups excluding carboxylic acids is 1. The van der Waals surface area contributed by atoms with Gasteiger partial charge in [-0.15, -0.1) is 0 Å². The maximum absolute atomic E-state index is 12.7. The topological polar surface area (TPSA) is 48.0 Å². The number of aromatic nitrogens is 2. The molecular weight excluding hydrogens is 384 g/mol. The molecule has 31 heavy (non-hydrogen) atoms. The van der Waals surface area contributed by atoms with E-state index in [9.17, 15) is 4.79 Å². The van der Waals surface area contributed by atoms with Gasteiger partial charge in [0.2, 0.25) is 5.78 Å². The summed E-state index contributed by atoms with van der Waals surface area (Å²) < 4.78 is 7.53. The second-order valence-electron chi connectivity index (χ2n) is 7.43. The molecule has 0 bridgehead atoms. The van der Waals surface area contributed by atoms with Crippen LogP contribution in [0.2, 0.25) is 0 Å². The van der Waals surface area contributed by atoms with E-state index < -0.39 is 0 Å². The fraction of sp³-hybridized carbons (Fsp3) is 0.0370. The van der Waals surface area contributed by atoms with E-state index in [1.165, 1.54) is 5.56 Å². The predicted molar refractivity (Wildman–Crippen MR) is 123 cm³/mol. The van der Waals surface area contributed by atoms with Gasteiger partial charge in [-0.2, -0.15) is 5.10 Å². The first-order valence-corrected chi connectivity index (χ1v) is 10.1. The Morgan fingerprint density at radius 1 is 0.935 bits per heavy atom. The van der Waals surface area contributed by atoms with Crippen molar-refractivity contribution in [2.75, 3.05) is 0 Å². The first-order chi connectivity index (χ1) is 15.2. The molecule has 0 aliphatic rings. The van der Waals surface area contributed by atoms with Crippen LogP contribution >= 0.6 is 0 Å². The van der Waals surface area contributed by atoms with Crippen molar-refractivity contribution < 1.29 is 9.21 Å². The van der Waals surface area contributed by atoms with Crippen molar-refractivity contribution in [3.63, 3.8) is 0 Å². The molecule has 5 aromatic rings. The summed E-state index contributed by atoms with van der Waals surface area (Å²) in [5.41, 5.74) is 5.52. The van der Waals surface area contributed by atoms with Crippen LogP contribution in [0, 0.1) is 6.92 Å². The average Bonchev–Trinajstić information content (AvgIpc) is 3.43. The fourth-order valence-electron chi connectivity index (χ4n) is 3.51. The Morgan fingerprint density at radius 2 is 1.68 bits per heavy atom. The van der Waals surface area contributed by atoms with Gasteiger partial charge in [0.1, 0.15) is 5.58 Å². The van der Waals surface area contributed by atoms with Crippen molar-refractivity contribution in [1.82, 2.24) is 9.78 Å². The molecule has 0 spiro atoms. The lowest BCUT2D eigenvalue weighted by molar-refractivity contribution is 0.102. The van der Waals surface area contributed by atoms with E-state index in [1.54, 1.807) is 18.2 Å². The van der Waals surface area contributed by atoms with E-state index in [0.717, 1.165) is 27.9 Å². The minimum absolute atomic E-state index is 0.182. The predicted octanol–water partition coefficient (Wildman–Crippen LogP) is 6.49. The molecule has 5 rings (SSSR count). The van der Waals surface area contributed by atoms with E-state index in [0.29, 0.717) is 11.3 Å². The van der Waals surface area contributed by atoms with Gasteiger partial charge in [-0.05, 0) is 43.3 Å². The number of carbonyl (C=O) groups is 1. The molecule has 0 atom stereocenters. The molecule has 0 unspecified atom stereocenters. The second kappa shape index (κ2) is 7.92. The minimum Gasteiger partial charge on any atom is -0.453 e. The van der Waals surface area contributed by atoms with Crippen LogP contribution in [-0.4, -0.2) is 15.6 Å². The third-order valence-electron chi connectivity index (χ3n) is 5.17. The average molecular weight is 404 g/mol. The molecule has 2 aromatic heterocycles. The number of furan rings is 1. The maximum atomic E-state index is 12.7. The SMILES string of the molecule is Cc1ccc(-c2nn(-c3ccccc3)cc2/C=C/C(=O)c2cc3ccccc3o2)cc1. The number of allylic oxidation sites excluding steroid dienone is 1. The smallest absolute Gasteiger partial charge is 0.221 e. The summed E-state index contributed by atoms with van der Waals surface area (Å²) in [6.45, 7) is 2.05. The van der Waals surface area contributed by atoms with E-state index in [1.807, 2.05) is 77.6 Å². The number of hydrogen-bond donors (Lipinski definition) is 0. The lowest BCUT2D eigenvalue weighted by Gasteiger charge is -2.01. The van der Waals surface area contributed by atoms with Crippen molar-refractivity contribution in [3.05, 3.63) is 114 Å². The fourth-order valence-corrected chi connectivity index (χ4v) is 3.51. The zero-order valence-corrected chi connectivity index (χ0v) is 17.0. The maximum Gasteiger partial charge on any atom is 0.221 e. The van der Waals surface area contributed by atoms with E-state index in [4.69, 9.17) is 9.52 Å². The zero-order chi connectivity index (χ0) is 21.2.